The molecular formula is C17H18N2. The summed E-state index contributed by atoms with van der Waals surface area (Å²) >= 11 is 0. The van der Waals surface area contributed by atoms with Crippen molar-refractivity contribution in [1.82, 2.24) is 4.57 Å². The fraction of sp³-hybridized carbons (Fsp3) is 0.353. The van der Waals surface area contributed by atoms with Gasteiger partial charge in [-0.25, -0.2) is 0 Å². The van der Waals surface area contributed by atoms with E-state index in [1.807, 2.05) is 0 Å². The van der Waals surface area contributed by atoms with Gasteiger partial charge in [0, 0.05) is 35.6 Å². The Morgan fingerprint density at radius 3 is 2.74 bits per heavy atom. The van der Waals surface area contributed by atoms with E-state index in [4.69, 9.17) is 5.26 Å². The van der Waals surface area contributed by atoms with Gasteiger partial charge in [0.1, 0.15) is 0 Å². The molecule has 1 fully saturated rings. The fourth-order valence-electron chi connectivity index (χ4n) is 3.47. The second-order valence-electron chi connectivity index (χ2n) is 5.50. The molecule has 1 aliphatic rings. The van der Waals surface area contributed by atoms with Crippen LogP contribution in [0.2, 0.25) is 0 Å². The van der Waals surface area contributed by atoms with Crippen LogP contribution in [0.4, 0.5) is 0 Å². The number of benzene rings is 1. The van der Waals surface area contributed by atoms with E-state index in [2.05, 4.69) is 54.2 Å². The summed E-state index contributed by atoms with van der Waals surface area (Å²) in [5.41, 5.74) is 2.72. The molecule has 1 aromatic heterocycles. The Morgan fingerprint density at radius 1 is 1.26 bits per heavy atom. The number of hydrogen-bond donors (Lipinski definition) is 0. The van der Waals surface area contributed by atoms with Crippen LogP contribution < -0.4 is 0 Å². The van der Waals surface area contributed by atoms with Crippen molar-refractivity contribution in [3.63, 3.8) is 0 Å². The number of rotatable bonds is 2. The zero-order valence-corrected chi connectivity index (χ0v) is 11.3. The van der Waals surface area contributed by atoms with Crippen molar-refractivity contribution in [2.24, 2.45) is 7.05 Å². The van der Waals surface area contributed by atoms with Crippen LogP contribution in [0, 0.1) is 11.3 Å². The lowest BCUT2D eigenvalue weighted by atomic mass is 9.78. The highest BCUT2D eigenvalue weighted by molar-refractivity contribution is 5.85. The number of aromatic nitrogens is 1. The summed E-state index contributed by atoms with van der Waals surface area (Å²) in [7, 11) is 2.10. The molecule has 96 valence electrons. The topological polar surface area (TPSA) is 28.7 Å². The monoisotopic (exact) mass is 250 g/mol. The van der Waals surface area contributed by atoms with Gasteiger partial charge in [-0.1, -0.05) is 37.1 Å². The molecule has 0 amide bonds. The Hall–Kier alpha value is -2.01. The molecule has 1 aliphatic carbocycles. The molecule has 3 rings (SSSR count). The molecule has 0 unspecified atom stereocenters. The largest absolute Gasteiger partial charge is 0.350 e. The highest BCUT2D eigenvalue weighted by atomic mass is 14.9. The van der Waals surface area contributed by atoms with Crippen molar-refractivity contribution >= 4 is 10.9 Å². The summed E-state index contributed by atoms with van der Waals surface area (Å²) in [5, 5.41) is 10.2. The summed E-state index contributed by atoms with van der Waals surface area (Å²) in [6.07, 6.45) is 10.8. The fourth-order valence-corrected chi connectivity index (χ4v) is 3.47. The lowest BCUT2D eigenvalue weighted by Gasteiger charge is -2.24. The van der Waals surface area contributed by atoms with Gasteiger partial charge in [-0.2, -0.15) is 5.26 Å². The van der Waals surface area contributed by atoms with E-state index in [1.165, 1.54) is 29.3 Å². The van der Waals surface area contributed by atoms with Crippen LogP contribution >= 0.6 is 0 Å². The summed E-state index contributed by atoms with van der Waals surface area (Å²) in [6.45, 7) is 0. The average molecular weight is 250 g/mol. The zero-order chi connectivity index (χ0) is 13.3. The normalized spacial score (nSPS) is 18.1. The Kier molecular flexibility index (Phi) is 2.91. The van der Waals surface area contributed by atoms with Gasteiger partial charge >= 0.3 is 0 Å². The van der Waals surface area contributed by atoms with E-state index in [1.54, 1.807) is 6.08 Å². The van der Waals surface area contributed by atoms with Crippen LogP contribution in [0.15, 0.2) is 42.6 Å². The van der Waals surface area contributed by atoms with Crippen LogP contribution in [-0.2, 0) is 12.5 Å². The van der Waals surface area contributed by atoms with Crippen LogP contribution in [0.1, 0.15) is 31.2 Å². The zero-order valence-electron chi connectivity index (χ0n) is 11.3. The Morgan fingerprint density at radius 2 is 2.00 bits per heavy atom. The third-order valence-corrected chi connectivity index (χ3v) is 4.41. The van der Waals surface area contributed by atoms with Crippen molar-refractivity contribution in [3.8, 4) is 6.07 Å². The molecule has 0 atom stereocenters. The van der Waals surface area contributed by atoms with E-state index in [0.29, 0.717) is 0 Å². The van der Waals surface area contributed by atoms with Gasteiger partial charge in [0.25, 0.3) is 0 Å². The Labute approximate surface area is 114 Å². The first-order valence-corrected chi connectivity index (χ1v) is 6.89. The Bertz CT molecular complexity index is 664. The van der Waals surface area contributed by atoms with Crippen molar-refractivity contribution in [1.29, 1.82) is 5.26 Å². The van der Waals surface area contributed by atoms with Crippen LogP contribution in [0.5, 0.6) is 0 Å². The number of fused-ring (bicyclic) bond motifs is 1. The third kappa shape index (κ3) is 1.86. The molecule has 1 saturated carbocycles. The number of allylic oxidation sites excluding steroid dienone is 2. The molecule has 0 saturated heterocycles. The summed E-state index contributed by atoms with van der Waals surface area (Å²) in [4.78, 5) is 0. The molecule has 1 aromatic carbocycles. The molecule has 0 bridgehead atoms. The van der Waals surface area contributed by atoms with Crippen LogP contribution in [0.3, 0.4) is 0 Å². The first kappa shape index (κ1) is 12.0. The predicted molar refractivity (Wildman–Crippen MR) is 77.8 cm³/mol. The standard InChI is InChI=1S/C17H18N2/c1-19-13-15(14-7-2-3-8-16(14)19)17(11-6-12-18)9-4-5-10-17/h2-3,6-8,11,13H,4-5,9-10H2,1H3/b11-6+. The van der Waals surface area contributed by atoms with E-state index < -0.39 is 0 Å². The number of hydrogen-bond acceptors (Lipinski definition) is 1. The summed E-state index contributed by atoms with van der Waals surface area (Å²) < 4.78 is 2.20. The third-order valence-electron chi connectivity index (χ3n) is 4.41. The van der Waals surface area contributed by atoms with Crippen molar-refractivity contribution < 1.29 is 0 Å². The first-order chi connectivity index (χ1) is 9.27. The minimum atomic E-state index is 0.0661. The smallest absolute Gasteiger partial charge is 0.0909 e. The quantitative estimate of drug-likeness (QED) is 0.738. The molecule has 2 heteroatoms. The molecule has 2 nitrogen and oxygen atoms in total. The van der Waals surface area contributed by atoms with Crippen molar-refractivity contribution in [2.75, 3.05) is 0 Å². The molecule has 0 aliphatic heterocycles. The van der Waals surface area contributed by atoms with E-state index in [-0.39, 0.29) is 5.41 Å². The lowest BCUT2D eigenvalue weighted by Crippen LogP contribution is -2.18. The first-order valence-electron chi connectivity index (χ1n) is 6.89. The number of para-hydroxylation sites is 1. The van der Waals surface area contributed by atoms with Gasteiger partial charge in [0.05, 0.1) is 6.07 Å². The highest BCUT2D eigenvalue weighted by Crippen LogP contribution is 2.45. The van der Waals surface area contributed by atoms with E-state index in [9.17, 15) is 0 Å². The van der Waals surface area contributed by atoms with Crippen LogP contribution in [-0.4, -0.2) is 4.57 Å². The van der Waals surface area contributed by atoms with Gasteiger partial charge in [0.2, 0.25) is 0 Å². The lowest BCUT2D eigenvalue weighted by molar-refractivity contribution is 0.561. The Balaban J connectivity index is 2.22. The molecule has 1 heterocycles. The van der Waals surface area contributed by atoms with Gasteiger partial charge in [-0.15, -0.1) is 0 Å². The van der Waals surface area contributed by atoms with Gasteiger partial charge in [-0.3, -0.25) is 0 Å². The SMILES string of the molecule is Cn1cc(C2(/C=C/C#N)CCCC2)c2ccccc21. The minimum absolute atomic E-state index is 0.0661. The number of nitriles is 1. The molecule has 0 radical (unpaired) electrons. The molecule has 0 N–H and O–H groups in total. The maximum atomic E-state index is 8.86. The molecular weight excluding hydrogens is 232 g/mol. The average Bonchev–Trinajstić information content (AvgIpc) is 3.03. The molecule has 0 spiro atoms. The van der Waals surface area contributed by atoms with Crippen LogP contribution in [0.25, 0.3) is 10.9 Å². The molecule has 2 aromatic rings. The summed E-state index contributed by atoms with van der Waals surface area (Å²) in [5.74, 6) is 0. The van der Waals surface area contributed by atoms with Crippen molar-refractivity contribution in [3.05, 3.63) is 48.2 Å². The second kappa shape index (κ2) is 4.59. The maximum absolute atomic E-state index is 8.86. The predicted octanol–water partition coefficient (Wildman–Crippen LogP) is 4.07. The van der Waals surface area contributed by atoms with Gasteiger partial charge in [0.15, 0.2) is 0 Å². The molecule has 19 heavy (non-hydrogen) atoms. The number of aryl methyl sites for hydroxylation is 1. The van der Waals surface area contributed by atoms with Crippen molar-refractivity contribution in [2.45, 2.75) is 31.1 Å². The summed E-state index contributed by atoms with van der Waals surface area (Å²) in [6, 6.07) is 10.7. The number of nitrogens with zero attached hydrogens (tertiary/aromatic N) is 2. The maximum Gasteiger partial charge on any atom is 0.0909 e. The highest BCUT2D eigenvalue weighted by Gasteiger charge is 2.35. The van der Waals surface area contributed by atoms with E-state index >= 15 is 0 Å². The van der Waals surface area contributed by atoms with Gasteiger partial charge in [-0.05, 0) is 24.5 Å². The second-order valence-corrected chi connectivity index (χ2v) is 5.50. The minimum Gasteiger partial charge on any atom is -0.350 e. The van der Waals surface area contributed by atoms with Gasteiger partial charge < -0.3 is 4.57 Å². The van der Waals surface area contributed by atoms with E-state index in [0.717, 1.165) is 12.8 Å².